The third kappa shape index (κ3) is 14.8. The summed E-state index contributed by atoms with van der Waals surface area (Å²) in [5.74, 6) is -0.475. The summed E-state index contributed by atoms with van der Waals surface area (Å²) < 4.78 is 45.5. The van der Waals surface area contributed by atoms with E-state index in [0.29, 0.717) is 54.1 Å². The molecule has 4 atom stereocenters. The molecule has 0 radical (unpaired) electrons. The van der Waals surface area contributed by atoms with Crippen LogP contribution in [-0.2, 0) is 35.4 Å². The van der Waals surface area contributed by atoms with E-state index in [2.05, 4.69) is 40.5 Å². The van der Waals surface area contributed by atoms with Crippen molar-refractivity contribution in [3.8, 4) is 50.7 Å². The summed E-state index contributed by atoms with van der Waals surface area (Å²) >= 11 is -0.750. The molecule has 8 aromatic heterocycles. The molecule has 0 saturated carbocycles. The van der Waals surface area contributed by atoms with E-state index in [4.69, 9.17) is 51.6 Å². The van der Waals surface area contributed by atoms with Crippen LogP contribution >= 0.6 is 0 Å². The highest BCUT2D eigenvalue weighted by Gasteiger charge is 2.38. The van der Waals surface area contributed by atoms with Gasteiger partial charge in [0.25, 0.3) is 0 Å². The molecule has 2 aliphatic rings. The number of carbonyl (C=O) groups excluding carboxylic acids is 3. The van der Waals surface area contributed by atoms with Crippen molar-refractivity contribution >= 4 is 69.7 Å². The van der Waals surface area contributed by atoms with Crippen molar-refractivity contribution in [1.29, 1.82) is 0 Å². The van der Waals surface area contributed by atoms with Crippen molar-refractivity contribution < 1.29 is 56.0 Å². The molecule has 472 valence electrons. The van der Waals surface area contributed by atoms with E-state index < -0.39 is 52.8 Å². The van der Waals surface area contributed by atoms with Gasteiger partial charge in [-0.2, -0.15) is 8.42 Å². The number of carboxylic acids is 1. The topological polar surface area (TPSA) is 331 Å². The first-order chi connectivity index (χ1) is 42.7. The number of nitrogens with zero attached hydrogens (tertiary/aromatic N) is 11. The van der Waals surface area contributed by atoms with Crippen LogP contribution in [-0.4, -0.2) is 154 Å². The first-order valence-corrected chi connectivity index (χ1v) is 29.7. The average molecular weight is 1250 g/mol. The van der Waals surface area contributed by atoms with Gasteiger partial charge in [-0.15, -0.1) is 0 Å². The Bertz CT molecular complexity index is 4120. The molecule has 11 rings (SSSR count). The molecule has 0 unspecified atom stereocenters. The van der Waals surface area contributed by atoms with Gasteiger partial charge in [-0.1, -0.05) is 28.5 Å². The second-order valence-corrected chi connectivity index (χ2v) is 24.3. The fraction of sp³-hybridized carbons (Fsp3) is 0.397. The fourth-order valence-electron chi connectivity index (χ4n) is 11.1. The lowest BCUT2D eigenvalue weighted by atomic mass is 9.94. The molecule has 2 amide bonds. The van der Waals surface area contributed by atoms with Crippen LogP contribution in [0.4, 0.5) is 21.5 Å². The van der Waals surface area contributed by atoms with Crippen molar-refractivity contribution in [2.24, 2.45) is 11.8 Å². The summed E-state index contributed by atoms with van der Waals surface area (Å²) in [6.07, 6.45) is 7.13. The Morgan fingerprint density at radius 2 is 1.13 bits per heavy atom. The van der Waals surface area contributed by atoms with Gasteiger partial charge < -0.3 is 58.3 Å². The number of aromatic nitrogens is 10. The van der Waals surface area contributed by atoms with Crippen LogP contribution in [0.1, 0.15) is 88.4 Å². The van der Waals surface area contributed by atoms with Crippen molar-refractivity contribution in [1.82, 2.24) is 59.6 Å². The maximum Gasteiger partial charge on any atom is 0.410 e. The number of piperidine rings is 2. The number of aliphatic carboxylic acids is 1. The first-order valence-electron chi connectivity index (χ1n) is 29.0. The van der Waals surface area contributed by atoms with Crippen LogP contribution < -0.4 is 10.6 Å². The Labute approximate surface area is 522 Å². The number of carbonyl (C=O) groups is 4. The van der Waals surface area contributed by atoms with Crippen molar-refractivity contribution in [2.75, 3.05) is 43.9 Å². The van der Waals surface area contributed by atoms with Gasteiger partial charge in [0.05, 0.1) is 64.2 Å². The molecule has 0 spiro atoms. The Kier molecular flexibility index (Phi) is 19.2. The zero-order chi connectivity index (χ0) is 64.9. The molecule has 1 aromatic carbocycles. The third-order valence-electron chi connectivity index (χ3n) is 15.0. The van der Waals surface area contributed by atoms with Crippen molar-refractivity contribution in [2.45, 2.75) is 119 Å². The number of para-hydroxylation sites is 1. The molecule has 2 fully saturated rings. The molecular formula is C63H72N14O12S. The molecule has 90 heavy (non-hydrogen) atoms. The van der Waals surface area contributed by atoms with E-state index in [9.17, 15) is 24.3 Å². The number of nitrogens with one attached hydrogen (secondary N) is 3. The number of ether oxygens (including phenoxy) is 3. The molecule has 27 heteroatoms. The largest absolute Gasteiger partial charge is 0.481 e. The Hall–Kier alpha value is -9.92. The zero-order valence-electron chi connectivity index (χ0n) is 52.3. The highest BCUT2D eigenvalue weighted by atomic mass is 32.1. The maximum absolute atomic E-state index is 13.0. The van der Waals surface area contributed by atoms with Crippen LogP contribution in [0.15, 0.2) is 88.4 Å². The maximum atomic E-state index is 13.0. The summed E-state index contributed by atoms with van der Waals surface area (Å²) in [5.41, 5.74) is 10.8. The lowest BCUT2D eigenvalue weighted by molar-refractivity contribution is -0.147. The SMILES string of the molecule is COC(=O)[C@@H]1C[C@H](Nc2ncc(C)c(-c3cn(-c4ccccc4)c4nc(-c5c(C)noc5C)ccc34)n2)CN(C(=O)OC(C)(C)C)C1.Cc1cnc(N[C@H]2C[C@@H](C(=O)O)CN(C(=O)OC(C)(C)C)C2)nc1-c1c[nH]c2nc(-c3c(C)noc3C)ccc12.O=S=O. The van der Waals surface area contributed by atoms with Gasteiger partial charge in [0.1, 0.15) is 34.0 Å². The summed E-state index contributed by atoms with van der Waals surface area (Å²) in [5, 5.41) is 26.3. The molecule has 4 N–H and O–H groups in total. The number of amides is 2. The van der Waals surface area contributed by atoms with Gasteiger partial charge in [0.15, 0.2) is 0 Å². The van der Waals surface area contributed by atoms with Gasteiger partial charge in [-0.05, 0) is 143 Å². The number of anilines is 2. The number of hydrogen-bond donors (Lipinski definition) is 4. The van der Waals surface area contributed by atoms with Crippen LogP contribution in [0.3, 0.4) is 0 Å². The van der Waals surface area contributed by atoms with E-state index in [1.165, 1.54) is 12.0 Å². The predicted molar refractivity (Wildman–Crippen MR) is 334 cm³/mol. The van der Waals surface area contributed by atoms with Crippen molar-refractivity contribution in [3.63, 3.8) is 0 Å². The molecule has 26 nitrogen and oxygen atoms in total. The minimum absolute atomic E-state index is 0.0840. The Morgan fingerprint density at radius 1 is 0.644 bits per heavy atom. The fourth-order valence-corrected chi connectivity index (χ4v) is 11.1. The second-order valence-electron chi connectivity index (χ2n) is 24.2. The lowest BCUT2D eigenvalue weighted by Crippen LogP contribution is -2.52. The minimum Gasteiger partial charge on any atom is -0.481 e. The summed E-state index contributed by atoms with van der Waals surface area (Å²) in [7, 11) is 1.35. The number of likely N-dealkylation sites (tertiary alicyclic amines) is 2. The van der Waals surface area contributed by atoms with E-state index in [1.807, 2.05) is 129 Å². The smallest absolute Gasteiger partial charge is 0.410 e. The molecule has 2 aliphatic heterocycles. The number of aryl methyl sites for hydroxylation is 6. The number of H-pyrrole nitrogens is 1. The minimum atomic E-state index is -0.965. The normalized spacial score (nSPS) is 16.7. The van der Waals surface area contributed by atoms with Gasteiger partial charge in [-0.25, -0.2) is 39.5 Å². The molecular weight excluding hydrogens is 1180 g/mol. The molecule has 0 bridgehead atoms. The van der Waals surface area contributed by atoms with E-state index in [0.717, 1.165) is 84.0 Å². The molecule has 10 heterocycles. The molecule has 0 aliphatic carbocycles. The number of rotatable bonds is 11. The highest BCUT2D eigenvalue weighted by molar-refractivity contribution is 7.51. The van der Waals surface area contributed by atoms with Gasteiger partial charge >= 0.3 is 35.7 Å². The molecule has 2 saturated heterocycles. The van der Waals surface area contributed by atoms with E-state index in [-0.39, 0.29) is 37.7 Å². The monoisotopic (exact) mass is 1250 g/mol. The number of benzene rings is 1. The number of aromatic amines is 1. The van der Waals surface area contributed by atoms with Crippen LogP contribution in [0.5, 0.6) is 0 Å². The van der Waals surface area contributed by atoms with Crippen LogP contribution in [0, 0.1) is 53.4 Å². The standard InChI is InChI=1S/C35H39N7O5.C28H33N7O5.O2S/c1-20-16-36-33(37-24-15-23(32(43)45-7)17-41(18-24)34(44)46-35(4,5)6)39-30(20)27-19-42(25-11-9-8-10-12-25)31-26(27)13-14-28(38-31)29-21(2)40-47-22(29)3;1-14-10-30-26(31-18-9-17(25(36)37)12-35(13-18)27(38)39-28(4,5)6)33-23(14)20-11-29-24-19(20)7-8-21(32-24)22-15(2)34-40-16(22)3;1-3-2/h8-14,16,19,23-24H,15,17-18H2,1-7H3,(H,36,37,39);7-8,10-11,17-18H,9,12-13H2,1-6H3,(H,29,32)(H,36,37)(H,30,31,33);/t23-,24+;17-,18+;/m11./s1. The highest BCUT2D eigenvalue weighted by Crippen LogP contribution is 2.37. The summed E-state index contributed by atoms with van der Waals surface area (Å²) in [6, 6.07) is 17.3. The quantitative estimate of drug-likeness (QED) is 0.0690. The first kappa shape index (κ1) is 64.6. The van der Waals surface area contributed by atoms with Gasteiger partial charge in [0, 0.05) is 90.6 Å². The number of esters is 1. The van der Waals surface area contributed by atoms with E-state index in [1.54, 1.807) is 38.1 Å². The zero-order valence-corrected chi connectivity index (χ0v) is 53.1. The number of fused-ring (bicyclic) bond motifs is 2. The Morgan fingerprint density at radius 3 is 1.62 bits per heavy atom. The number of hydrogen-bond acceptors (Lipinski definition) is 21. The number of carboxylic acid groups (broad SMARTS) is 1. The van der Waals surface area contributed by atoms with Gasteiger partial charge in [-0.3, -0.25) is 9.59 Å². The average Bonchev–Trinajstić information content (AvgIpc) is 1.60. The summed E-state index contributed by atoms with van der Waals surface area (Å²) in [4.78, 5) is 85.1. The Balaban J connectivity index is 0.000000207. The predicted octanol–water partition coefficient (Wildman–Crippen LogP) is 10.3. The summed E-state index contributed by atoms with van der Waals surface area (Å²) in [6.45, 7) is 23.1. The van der Waals surface area contributed by atoms with Crippen molar-refractivity contribution in [3.05, 3.63) is 113 Å². The second kappa shape index (κ2) is 26.8. The third-order valence-corrected chi connectivity index (χ3v) is 15.0. The molecule has 9 aromatic rings. The number of pyridine rings is 2. The van der Waals surface area contributed by atoms with Crippen LogP contribution in [0.2, 0.25) is 0 Å². The lowest BCUT2D eigenvalue weighted by Gasteiger charge is -2.37. The van der Waals surface area contributed by atoms with E-state index >= 15 is 0 Å². The number of methoxy groups -OCH3 is 1. The van der Waals surface area contributed by atoms with Gasteiger partial charge in [0.2, 0.25) is 11.9 Å². The van der Waals surface area contributed by atoms with Crippen LogP contribution in [0.25, 0.3) is 72.8 Å².